The fourth-order valence-electron chi connectivity index (χ4n) is 4.91. The second-order valence-corrected chi connectivity index (χ2v) is 11.2. The normalized spacial score (nSPS) is 19.1. The molecule has 2 aromatic heterocycles. The molecule has 1 fully saturated rings. The highest BCUT2D eigenvalue weighted by atomic mass is 32.1. The third-order valence-corrected chi connectivity index (χ3v) is 6.93. The van der Waals surface area contributed by atoms with Gasteiger partial charge in [0.25, 0.3) is 5.91 Å². The molecule has 0 unspecified atom stereocenters. The number of ether oxygens (including phenoxy) is 1. The van der Waals surface area contributed by atoms with Crippen LogP contribution in [0.25, 0.3) is 11.3 Å². The number of nitrogens with one attached hydrogen (secondary N) is 2. The average Bonchev–Trinajstić information content (AvgIpc) is 3.19. The van der Waals surface area contributed by atoms with Crippen molar-refractivity contribution < 1.29 is 45.0 Å². The fraction of sp³-hybridized carbons (Fsp3) is 0.654. The van der Waals surface area contributed by atoms with Crippen molar-refractivity contribution in [2.75, 3.05) is 11.9 Å². The molecule has 0 saturated heterocycles. The van der Waals surface area contributed by atoms with Crippen LogP contribution in [0.5, 0.6) is 5.75 Å². The fourth-order valence-corrected chi connectivity index (χ4v) is 4.91. The number of halogens is 5. The molecule has 1 saturated carbocycles. The Labute approximate surface area is 244 Å². The number of aliphatic hydroxyl groups is 1. The Balaban J connectivity index is 0.00000197. The maximum Gasteiger partial charge on any atom is 0.391 e. The van der Waals surface area contributed by atoms with Crippen molar-refractivity contribution in [3.05, 3.63) is 23.5 Å². The monoisotopic (exact) mass is 625 g/mol. The number of alkyl halides is 5. The zero-order valence-electron chi connectivity index (χ0n) is 24.0. The van der Waals surface area contributed by atoms with Crippen molar-refractivity contribution in [3.8, 4) is 17.0 Å². The molecule has 10 nitrogen and oxygen atoms in total. The molecule has 2 aromatic rings. The summed E-state index contributed by atoms with van der Waals surface area (Å²) in [6.07, 6.45) is -1.57. The number of carbonyl (C=O) groups is 1. The zero-order valence-corrected chi connectivity index (χ0v) is 24.8. The summed E-state index contributed by atoms with van der Waals surface area (Å²) in [5, 5.41) is 20.5. The first-order chi connectivity index (χ1) is 19.4. The molecule has 16 heteroatoms. The Kier molecular flexibility index (Phi) is 12.0. The third-order valence-electron chi connectivity index (χ3n) is 6.93. The van der Waals surface area contributed by atoms with E-state index in [2.05, 4.69) is 27.6 Å². The quantitative estimate of drug-likeness (QED) is 0.314. The average molecular weight is 626 g/mol. The van der Waals surface area contributed by atoms with Crippen molar-refractivity contribution in [3.63, 3.8) is 0 Å². The Morgan fingerprint density at radius 2 is 1.86 bits per heavy atom. The molecule has 1 aliphatic rings. The van der Waals surface area contributed by atoms with Crippen LogP contribution in [0, 0.1) is 12.8 Å². The third kappa shape index (κ3) is 10.00. The van der Waals surface area contributed by atoms with E-state index >= 15 is 0 Å². The number of aromatic nitrogens is 3. The molecule has 0 radical (unpaired) electrons. The van der Waals surface area contributed by atoms with Crippen LogP contribution < -0.4 is 15.4 Å². The summed E-state index contributed by atoms with van der Waals surface area (Å²) in [7, 11) is 0. The van der Waals surface area contributed by atoms with Crippen LogP contribution in [0.4, 0.5) is 27.8 Å². The summed E-state index contributed by atoms with van der Waals surface area (Å²) >= 11 is -0.750. The van der Waals surface area contributed by atoms with Crippen molar-refractivity contribution in [2.45, 2.75) is 97.2 Å². The van der Waals surface area contributed by atoms with Crippen LogP contribution in [-0.4, -0.2) is 64.7 Å². The van der Waals surface area contributed by atoms with Gasteiger partial charge in [0.15, 0.2) is 5.69 Å². The topological polar surface area (TPSA) is 135 Å². The Morgan fingerprint density at radius 1 is 1.26 bits per heavy atom. The molecule has 0 bridgehead atoms. The van der Waals surface area contributed by atoms with Gasteiger partial charge in [-0.15, -0.1) is 0 Å². The molecule has 0 aliphatic heterocycles. The number of nitrogens with zero attached hydrogens (tertiary/aromatic N) is 3. The largest absolute Gasteiger partial charge is 0.434 e. The summed E-state index contributed by atoms with van der Waals surface area (Å²) in [6, 6.07) is 1.10. The predicted molar refractivity (Wildman–Crippen MR) is 145 cm³/mol. The number of hydrogen-bond acceptors (Lipinski definition) is 8. The lowest BCUT2D eigenvalue weighted by Crippen LogP contribution is -2.45. The van der Waals surface area contributed by atoms with Gasteiger partial charge in [0.1, 0.15) is 11.6 Å². The van der Waals surface area contributed by atoms with Gasteiger partial charge in [0, 0.05) is 36.5 Å². The molecule has 2 heterocycles. The predicted octanol–water partition coefficient (Wildman–Crippen LogP) is 5.02. The Hall–Kier alpha value is -3.14. The van der Waals surface area contributed by atoms with Gasteiger partial charge in [-0.05, 0) is 59.3 Å². The van der Waals surface area contributed by atoms with Crippen LogP contribution in [0.2, 0.25) is 0 Å². The van der Waals surface area contributed by atoms with E-state index < -0.39 is 47.8 Å². The van der Waals surface area contributed by atoms with E-state index in [0.717, 1.165) is 18.9 Å². The summed E-state index contributed by atoms with van der Waals surface area (Å²) < 4.78 is 88.3. The standard InChI is InChI=1S/C26H36F5N5O3.O2S/c1-6-36-21(16(3)20(35-36)22(37)33-14-25(38)9-7-15(2)8-10-25)17-12-32-19(11-18(17)39-23(27)28)34-24(4,5)13-26(29,30)31;1-3-2/h11-12,15,23,38H,6-10,13-14H2,1-5H3,(H,32,34)(H,33,37);. The van der Waals surface area contributed by atoms with Crippen LogP contribution >= 0.6 is 0 Å². The minimum Gasteiger partial charge on any atom is -0.434 e. The molecule has 236 valence electrons. The van der Waals surface area contributed by atoms with Gasteiger partial charge < -0.3 is 20.5 Å². The van der Waals surface area contributed by atoms with E-state index in [-0.39, 0.29) is 35.9 Å². The summed E-state index contributed by atoms with van der Waals surface area (Å²) in [5.74, 6) is -0.427. The minimum absolute atomic E-state index is 0.0520. The van der Waals surface area contributed by atoms with Crippen LogP contribution in [0.15, 0.2) is 12.3 Å². The van der Waals surface area contributed by atoms with E-state index in [1.165, 1.54) is 24.7 Å². The molecule has 0 aromatic carbocycles. The van der Waals surface area contributed by atoms with Crippen molar-refractivity contribution in [1.29, 1.82) is 0 Å². The van der Waals surface area contributed by atoms with E-state index in [9.17, 15) is 31.9 Å². The number of pyridine rings is 1. The minimum atomic E-state index is -4.45. The van der Waals surface area contributed by atoms with Crippen molar-refractivity contribution in [1.82, 2.24) is 20.1 Å². The van der Waals surface area contributed by atoms with E-state index in [1.54, 1.807) is 13.8 Å². The zero-order chi connectivity index (χ0) is 31.9. The number of anilines is 1. The first-order valence-electron chi connectivity index (χ1n) is 13.2. The highest BCUT2D eigenvalue weighted by Gasteiger charge is 2.37. The molecule has 3 rings (SSSR count). The number of carbonyl (C=O) groups excluding carboxylic acids is 1. The molecule has 1 amide bonds. The maximum atomic E-state index is 13.3. The van der Waals surface area contributed by atoms with E-state index in [1.807, 2.05) is 0 Å². The van der Waals surface area contributed by atoms with Gasteiger partial charge in [-0.25, -0.2) is 4.98 Å². The molecule has 3 N–H and O–H groups in total. The van der Waals surface area contributed by atoms with Gasteiger partial charge in [-0.2, -0.15) is 35.5 Å². The maximum absolute atomic E-state index is 13.3. The number of aryl methyl sites for hydroxylation is 1. The molecule has 42 heavy (non-hydrogen) atoms. The highest BCUT2D eigenvalue weighted by Crippen LogP contribution is 2.37. The number of amides is 1. The molecule has 0 spiro atoms. The van der Waals surface area contributed by atoms with Gasteiger partial charge >= 0.3 is 24.4 Å². The smallest absolute Gasteiger partial charge is 0.391 e. The van der Waals surface area contributed by atoms with Crippen LogP contribution in [0.1, 0.15) is 75.9 Å². The Bertz CT molecular complexity index is 1260. The lowest BCUT2D eigenvalue weighted by molar-refractivity contribution is -0.142. The number of rotatable bonds is 10. The summed E-state index contributed by atoms with van der Waals surface area (Å²) in [5.41, 5.74) is -1.65. The highest BCUT2D eigenvalue weighted by molar-refractivity contribution is 7.51. The summed E-state index contributed by atoms with van der Waals surface area (Å²) in [4.78, 5) is 17.2. The molecular formula is C26H36F5N5O5S. The van der Waals surface area contributed by atoms with Crippen LogP contribution in [0.3, 0.4) is 0 Å². The van der Waals surface area contributed by atoms with Gasteiger partial charge in [-0.3, -0.25) is 9.48 Å². The van der Waals surface area contributed by atoms with Gasteiger partial charge in [0.2, 0.25) is 0 Å². The first kappa shape index (κ1) is 35.1. The SMILES string of the molecule is CCn1nc(C(=O)NCC2(O)CCC(C)CC2)c(C)c1-c1cnc(NC(C)(C)CC(F)(F)F)cc1OC(F)F.O=S=O. The van der Waals surface area contributed by atoms with Crippen molar-refractivity contribution in [2.24, 2.45) is 5.92 Å². The lowest BCUT2D eigenvalue weighted by Gasteiger charge is -2.34. The molecule has 0 atom stereocenters. The van der Waals surface area contributed by atoms with Gasteiger partial charge in [0.05, 0.1) is 23.3 Å². The summed E-state index contributed by atoms with van der Waals surface area (Å²) in [6.45, 7) is 5.21. The Morgan fingerprint density at radius 3 is 2.38 bits per heavy atom. The second-order valence-electron chi connectivity index (χ2n) is 11.0. The number of hydrogen-bond donors (Lipinski definition) is 3. The second kappa shape index (κ2) is 14.4. The van der Waals surface area contributed by atoms with Crippen molar-refractivity contribution >= 4 is 23.3 Å². The lowest BCUT2D eigenvalue weighted by atomic mass is 9.79. The molecule has 1 aliphatic carbocycles. The first-order valence-corrected chi connectivity index (χ1v) is 13.9. The van der Waals surface area contributed by atoms with Gasteiger partial charge in [-0.1, -0.05) is 6.92 Å². The molecular weight excluding hydrogens is 589 g/mol. The van der Waals surface area contributed by atoms with E-state index in [0.29, 0.717) is 30.0 Å². The van der Waals surface area contributed by atoms with Crippen LogP contribution in [-0.2, 0) is 18.1 Å². The van der Waals surface area contributed by atoms with E-state index in [4.69, 9.17) is 13.2 Å².